The van der Waals surface area contributed by atoms with Crippen molar-refractivity contribution in [1.29, 1.82) is 0 Å². The predicted octanol–water partition coefficient (Wildman–Crippen LogP) is 1.40. The van der Waals surface area contributed by atoms with Gasteiger partial charge >= 0.3 is 0 Å². The number of nitrogens with zero attached hydrogens (tertiary/aromatic N) is 3. The van der Waals surface area contributed by atoms with Crippen LogP contribution in [-0.2, 0) is 4.74 Å². The normalized spacial score (nSPS) is 25.8. The second-order valence-electron chi connectivity index (χ2n) is 4.69. The molecule has 3 rings (SSSR count). The Morgan fingerprint density at radius 3 is 3.00 bits per heavy atom. The Labute approximate surface area is 95.7 Å². The van der Waals surface area contributed by atoms with E-state index >= 15 is 0 Å². The van der Waals surface area contributed by atoms with Crippen LogP contribution in [-0.4, -0.2) is 35.8 Å². The zero-order valence-electron chi connectivity index (χ0n) is 9.59. The van der Waals surface area contributed by atoms with Gasteiger partial charge in [-0.1, -0.05) is 0 Å². The van der Waals surface area contributed by atoms with Gasteiger partial charge in [0.15, 0.2) is 0 Å². The van der Waals surface area contributed by atoms with E-state index in [9.17, 15) is 0 Å². The Kier molecular flexibility index (Phi) is 2.52. The Morgan fingerprint density at radius 1 is 1.38 bits per heavy atom. The molecule has 0 bridgehead atoms. The highest BCUT2D eigenvalue weighted by Gasteiger charge is 2.37. The highest BCUT2D eigenvalue weighted by molar-refractivity contribution is 5.41. The van der Waals surface area contributed by atoms with Crippen molar-refractivity contribution >= 4 is 5.82 Å². The largest absolute Gasteiger partial charge is 0.377 e. The second kappa shape index (κ2) is 4.01. The fraction of sp³-hybridized carbons (Fsp3) is 0.667. The van der Waals surface area contributed by atoms with Gasteiger partial charge in [0.2, 0.25) is 0 Å². The maximum Gasteiger partial charge on any atom is 0.132 e. The molecule has 2 aliphatic rings. The molecule has 16 heavy (non-hydrogen) atoms. The third-order valence-corrected chi connectivity index (χ3v) is 3.42. The first-order valence-electron chi connectivity index (χ1n) is 5.97. The number of morpholine rings is 1. The van der Waals surface area contributed by atoms with E-state index in [1.54, 1.807) is 6.33 Å². The van der Waals surface area contributed by atoms with Crippen LogP contribution in [0.2, 0.25) is 0 Å². The van der Waals surface area contributed by atoms with Crippen LogP contribution >= 0.6 is 0 Å². The van der Waals surface area contributed by atoms with Crippen LogP contribution in [0.15, 0.2) is 12.4 Å². The van der Waals surface area contributed by atoms with Crippen LogP contribution in [0.3, 0.4) is 0 Å². The van der Waals surface area contributed by atoms with E-state index in [2.05, 4.69) is 20.9 Å². The number of anilines is 1. The quantitative estimate of drug-likeness (QED) is 0.753. The average molecular weight is 219 g/mol. The molecule has 1 saturated heterocycles. The Balaban J connectivity index is 1.85. The molecule has 1 aromatic rings. The van der Waals surface area contributed by atoms with Gasteiger partial charge in [-0.25, -0.2) is 9.97 Å². The van der Waals surface area contributed by atoms with Gasteiger partial charge in [0.05, 0.1) is 19.3 Å². The molecule has 2 fully saturated rings. The molecule has 1 saturated carbocycles. The van der Waals surface area contributed by atoms with Crippen molar-refractivity contribution < 1.29 is 4.74 Å². The number of hydrogen-bond acceptors (Lipinski definition) is 4. The number of rotatable bonds is 2. The minimum absolute atomic E-state index is 0.531. The molecule has 0 amide bonds. The molecule has 0 radical (unpaired) electrons. The van der Waals surface area contributed by atoms with Crippen LogP contribution in [0.5, 0.6) is 0 Å². The van der Waals surface area contributed by atoms with E-state index in [1.807, 2.05) is 6.92 Å². The summed E-state index contributed by atoms with van der Waals surface area (Å²) in [6.07, 6.45) is 4.34. The summed E-state index contributed by atoms with van der Waals surface area (Å²) in [4.78, 5) is 10.9. The van der Waals surface area contributed by atoms with Gasteiger partial charge < -0.3 is 9.64 Å². The first-order chi connectivity index (χ1) is 7.84. The van der Waals surface area contributed by atoms with Gasteiger partial charge in [0.1, 0.15) is 12.1 Å². The molecule has 1 atom stereocenters. The van der Waals surface area contributed by atoms with Crippen LogP contribution < -0.4 is 4.90 Å². The molecule has 0 aromatic carbocycles. The molecular formula is C12H17N3O. The summed E-state index contributed by atoms with van der Waals surface area (Å²) in [5.41, 5.74) is 1.03. The first-order valence-corrected chi connectivity index (χ1v) is 5.97. The summed E-state index contributed by atoms with van der Waals surface area (Å²) < 4.78 is 5.58. The van der Waals surface area contributed by atoms with Gasteiger partial charge in [0.25, 0.3) is 0 Å². The third-order valence-electron chi connectivity index (χ3n) is 3.42. The van der Waals surface area contributed by atoms with Crippen molar-refractivity contribution in [3.8, 4) is 0 Å². The lowest BCUT2D eigenvalue weighted by Gasteiger charge is -2.36. The van der Waals surface area contributed by atoms with Crippen molar-refractivity contribution in [1.82, 2.24) is 9.97 Å². The van der Waals surface area contributed by atoms with Gasteiger partial charge in [0, 0.05) is 18.3 Å². The Bertz CT molecular complexity index is 378. The second-order valence-corrected chi connectivity index (χ2v) is 4.69. The molecule has 4 heteroatoms. The number of aromatic nitrogens is 2. The summed E-state index contributed by atoms with van der Waals surface area (Å²) >= 11 is 0. The van der Waals surface area contributed by atoms with Crippen molar-refractivity contribution in [3.05, 3.63) is 18.1 Å². The summed E-state index contributed by atoms with van der Waals surface area (Å²) in [7, 11) is 0. The smallest absolute Gasteiger partial charge is 0.132 e. The monoisotopic (exact) mass is 219 g/mol. The summed E-state index contributed by atoms with van der Waals surface area (Å²) in [6, 6.07) is 2.60. The molecule has 1 aromatic heterocycles. The molecule has 1 unspecified atom stereocenters. The molecule has 1 aliphatic heterocycles. The van der Waals surface area contributed by atoms with Gasteiger partial charge in [-0.15, -0.1) is 0 Å². The maximum atomic E-state index is 5.58. The molecule has 86 valence electrons. The van der Waals surface area contributed by atoms with Crippen LogP contribution in [0.1, 0.15) is 18.5 Å². The summed E-state index contributed by atoms with van der Waals surface area (Å²) in [6.45, 7) is 4.63. The van der Waals surface area contributed by atoms with E-state index < -0.39 is 0 Å². The van der Waals surface area contributed by atoms with Crippen LogP contribution in [0.4, 0.5) is 5.82 Å². The minimum Gasteiger partial charge on any atom is -0.377 e. The number of ether oxygens (including phenoxy) is 1. The Morgan fingerprint density at radius 2 is 2.25 bits per heavy atom. The van der Waals surface area contributed by atoms with E-state index in [0.29, 0.717) is 6.04 Å². The third kappa shape index (κ3) is 1.89. The van der Waals surface area contributed by atoms with Gasteiger partial charge in [-0.2, -0.15) is 0 Å². The fourth-order valence-corrected chi connectivity index (χ4v) is 2.38. The lowest BCUT2D eigenvalue weighted by atomic mass is 10.1. The van der Waals surface area contributed by atoms with E-state index in [4.69, 9.17) is 4.74 Å². The molecule has 4 nitrogen and oxygen atoms in total. The number of hydrogen-bond donors (Lipinski definition) is 0. The summed E-state index contributed by atoms with van der Waals surface area (Å²) in [5.74, 6) is 1.88. The number of aryl methyl sites for hydroxylation is 1. The fourth-order valence-electron chi connectivity index (χ4n) is 2.38. The first kappa shape index (κ1) is 10.0. The highest BCUT2D eigenvalue weighted by Crippen LogP contribution is 2.37. The SMILES string of the molecule is Cc1cc(N2CCOCC2C2CC2)ncn1. The van der Waals surface area contributed by atoms with Gasteiger partial charge in [-0.05, 0) is 25.7 Å². The molecule has 0 spiro atoms. The van der Waals surface area contributed by atoms with E-state index in [-0.39, 0.29) is 0 Å². The predicted molar refractivity (Wildman–Crippen MR) is 61.4 cm³/mol. The van der Waals surface area contributed by atoms with E-state index in [0.717, 1.165) is 37.2 Å². The van der Waals surface area contributed by atoms with Crippen LogP contribution in [0, 0.1) is 12.8 Å². The standard InChI is InChI=1S/C12H17N3O/c1-9-6-12(14-8-13-9)15-4-5-16-7-11(15)10-2-3-10/h6,8,10-11H,2-5,7H2,1H3. The van der Waals surface area contributed by atoms with Crippen molar-refractivity contribution in [2.45, 2.75) is 25.8 Å². The van der Waals surface area contributed by atoms with Crippen molar-refractivity contribution in [3.63, 3.8) is 0 Å². The minimum atomic E-state index is 0.531. The topological polar surface area (TPSA) is 38.2 Å². The van der Waals surface area contributed by atoms with Crippen molar-refractivity contribution in [2.75, 3.05) is 24.7 Å². The molecule has 0 N–H and O–H groups in total. The molecule has 1 aliphatic carbocycles. The van der Waals surface area contributed by atoms with Gasteiger partial charge in [-0.3, -0.25) is 0 Å². The maximum absolute atomic E-state index is 5.58. The van der Waals surface area contributed by atoms with Crippen LogP contribution in [0.25, 0.3) is 0 Å². The molecular weight excluding hydrogens is 202 g/mol. The average Bonchev–Trinajstić information content (AvgIpc) is 3.13. The van der Waals surface area contributed by atoms with Crippen molar-refractivity contribution in [2.24, 2.45) is 5.92 Å². The zero-order valence-corrected chi connectivity index (χ0v) is 9.59. The highest BCUT2D eigenvalue weighted by atomic mass is 16.5. The Hall–Kier alpha value is -1.16. The lowest BCUT2D eigenvalue weighted by molar-refractivity contribution is 0.0874. The summed E-state index contributed by atoms with van der Waals surface area (Å²) in [5, 5.41) is 0. The zero-order chi connectivity index (χ0) is 11.0. The van der Waals surface area contributed by atoms with E-state index in [1.165, 1.54) is 12.8 Å². The molecule has 2 heterocycles. The lowest BCUT2D eigenvalue weighted by Crippen LogP contribution is -2.47.